The van der Waals surface area contributed by atoms with Crippen LogP contribution < -0.4 is 0 Å². The van der Waals surface area contributed by atoms with E-state index in [-0.39, 0.29) is 10.8 Å². The Bertz CT molecular complexity index is 3260. The number of nitrogens with zero attached hydrogens (tertiary/aromatic N) is 2. The molecule has 82 heavy (non-hydrogen) atoms. The van der Waals surface area contributed by atoms with Gasteiger partial charge in [0, 0.05) is 44.0 Å². The maximum atomic E-state index is 5.61. The highest BCUT2D eigenvalue weighted by molar-refractivity contribution is 5.99. The number of aromatic nitrogens is 4. The van der Waals surface area contributed by atoms with E-state index in [0.717, 1.165) is 70.5 Å². The van der Waals surface area contributed by atoms with Gasteiger partial charge in [0.25, 0.3) is 0 Å². The summed E-state index contributed by atoms with van der Waals surface area (Å²) in [5.74, 6) is 0. The zero-order valence-electron chi connectivity index (χ0n) is 50.5. The zero-order valence-corrected chi connectivity index (χ0v) is 50.5. The van der Waals surface area contributed by atoms with E-state index in [1.54, 1.807) is 0 Å². The van der Waals surface area contributed by atoms with Gasteiger partial charge in [-0.25, -0.2) is 9.97 Å². The summed E-state index contributed by atoms with van der Waals surface area (Å²) in [6.07, 6.45) is 44.8. The molecule has 0 saturated carbocycles. The lowest BCUT2D eigenvalue weighted by atomic mass is 9.68. The Balaban J connectivity index is 1.06. The van der Waals surface area contributed by atoms with Crippen LogP contribution in [-0.4, -0.2) is 19.9 Å². The Hall–Kier alpha value is -6.52. The Morgan fingerprint density at radius 3 is 1.02 bits per heavy atom. The van der Waals surface area contributed by atoms with Gasteiger partial charge in [-0.15, -0.1) is 0 Å². The van der Waals surface area contributed by atoms with Gasteiger partial charge in [0.05, 0.1) is 22.8 Å². The van der Waals surface area contributed by atoms with Gasteiger partial charge < -0.3 is 9.97 Å². The molecule has 0 spiro atoms. The SMILES string of the molecule is CCCCCCCCC1(CCCCCCCC)c2ccccc2-c2cccc(-c3c4nc(cc5ccc([nH]5)c(-c5cccc6c5C(CCCCCCCC)(CCCCCCCC)c5ccccc5-6)c5nc(cc6ccc3[nH]6)C=C5)C=C4)c21. The van der Waals surface area contributed by atoms with Gasteiger partial charge in [0.15, 0.2) is 0 Å². The van der Waals surface area contributed by atoms with Crippen LogP contribution in [0.15, 0.2) is 121 Å². The molecule has 2 aliphatic carbocycles. The minimum atomic E-state index is -0.0857. The van der Waals surface area contributed by atoms with Crippen LogP contribution in [0.3, 0.4) is 0 Å². The molecule has 3 aromatic heterocycles. The number of benzene rings is 4. The van der Waals surface area contributed by atoms with Gasteiger partial charge in [0.2, 0.25) is 0 Å². The molecule has 4 aromatic carbocycles. The molecular formula is C78H94N4. The van der Waals surface area contributed by atoms with Crippen molar-refractivity contribution >= 4 is 46.4 Å². The highest BCUT2D eigenvalue weighted by Gasteiger charge is 2.46. The summed E-state index contributed by atoms with van der Waals surface area (Å²) in [5.41, 5.74) is 24.7. The van der Waals surface area contributed by atoms with E-state index in [9.17, 15) is 0 Å². The summed E-state index contributed by atoms with van der Waals surface area (Å²) >= 11 is 0. The largest absolute Gasteiger partial charge is 0.355 e. The molecule has 0 amide bonds. The molecule has 8 bridgehead atoms. The Morgan fingerprint density at radius 2 is 0.646 bits per heavy atom. The van der Waals surface area contributed by atoms with Crippen molar-refractivity contribution in [3.05, 3.63) is 166 Å². The number of hydrogen-bond donors (Lipinski definition) is 2. The second-order valence-electron chi connectivity index (χ2n) is 25.0. The molecule has 0 radical (unpaired) electrons. The molecule has 5 heterocycles. The van der Waals surface area contributed by atoms with E-state index in [1.165, 1.54) is 221 Å². The van der Waals surface area contributed by atoms with Crippen molar-refractivity contribution in [1.29, 1.82) is 0 Å². The number of unbranched alkanes of at least 4 members (excludes halogenated alkanes) is 20. The molecule has 7 aromatic rings. The fraction of sp³-hybridized carbons (Fsp3) is 0.436. The Labute approximate surface area is 492 Å². The molecule has 2 N–H and O–H groups in total. The maximum Gasteiger partial charge on any atom is 0.0737 e. The third-order valence-corrected chi connectivity index (χ3v) is 19.3. The van der Waals surface area contributed by atoms with Crippen molar-refractivity contribution in [1.82, 2.24) is 19.9 Å². The van der Waals surface area contributed by atoms with Crippen LogP contribution in [0.5, 0.6) is 0 Å². The first-order valence-corrected chi connectivity index (χ1v) is 33.1. The molecule has 0 saturated heterocycles. The molecule has 0 fully saturated rings. The van der Waals surface area contributed by atoms with Crippen LogP contribution in [0.2, 0.25) is 0 Å². The van der Waals surface area contributed by atoms with E-state index in [2.05, 4.69) is 183 Å². The van der Waals surface area contributed by atoms with Gasteiger partial charge >= 0.3 is 0 Å². The van der Waals surface area contributed by atoms with Gasteiger partial charge in [-0.1, -0.05) is 267 Å². The normalized spacial score (nSPS) is 14.1. The summed E-state index contributed by atoms with van der Waals surface area (Å²) in [6, 6.07) is 46.9. The lowest BCUT2D eigenvalue weighted by molar-refractivity contribution is 0.398. The molecule has 11 rings (SSSR count). The first-order chi connectivity index (χ1) is 40.5. The van der Waals surface area contributed by atoms with Crippen LogP contribution in [0.25, 0.3) is 90.9 Å². The fourth-order valence-corrected chi connectivity index (χ4v) is 15.3. The molecule has 2 aliphatic heterocycles. The van der Waals surface area contributed by atoms with E-state index >= 15 is 0 Å². The topological polar surface area (TPSA) is 57.4 Å². The smallest absolute Gasteiger partial charge is 0.0737 e. The third kappa shape index (κ3) is 12.0. The van der Waals surface area contributed by atoms with E-state index in [1.807, 2.05) is 0 Å². The molecule has 4 heteroatoms. The number of aromatic amines is 2. The van der Waals surface area contributed by atoms with Crippen LogP contribution in [0.1, 0.15) is 253 Å². The van der Waals surface area contributed by atoms with Crippen LogP contribution in [0.4, 0.5) is 0 Å². The van der Waals surface area contributed by atoms with Crippen LogP contribution >= 0.6 is 0 Å². The number of nitrogens with one attached hydrogen (secondary N) is 2. The van der Waals surface area contributed by atoms with Crippen molar-refractivity contribution < 1.29 is 0 Å². The average Bonchev–Trinajstić information content (AvgIpc) is 4.55. The first kappa shape index (κ1) is 57.3. The highest BCUT2D eigenvalue weighted by atomic mass is 14.8. The highest BCUT2D eigenvalue weighted by Crippen LogP contribution is 2.59. The minimum Gasteiger partial charge on any atom is -0.355 e. The molecule has 0 atom stereocenters. The lowest BCUT2D eigenvalue weighted by Gasteiger charge is -2.34. The zero-order chi connectivity index (χ0) is 56.1. The summed E-state index contributed by atoms with van der Waals surface area (Å²) in [4.78, 5) is 19.2. The van der Waals surface area contributed by atoms with Crippen molar-refractivity contribution in [2.24, 2.45) is 0 Å². The van der Waals surface area contributed by atoms with Crippen molar-refractivity contribution in [3.8, 4) is 44.5 Å². The van der Waals surface area contributed by atoms with E-state index in [4.69, 9.17) is 9.97 Å². The van der Waals surface area contributed by atoms with Crippen molar-refractivity contribution in [2.75, 3.05) is 0 Å². The number of fused-ring (bicyclic) bond motifs is 14. The second kappa shape index (κ2) is 27.3. The first-order valence-electron chi connectivity index (χ1n) is 33.1. The van der Waals surface area contributed by atoms with Crippen LogP contribution in [0, 0.1) is 0 Å². The van der Waals surface area contributed by atoms with E-state index < -0.39 is 0 Å². The quantitative estimate of drug-likeness (QED) is 0.0441. The Morgan fingerprint density at radius 1 is 0.317 bits per heavy atom. The molecular weight excluding hydrogens is 993 g/mol. The number of hydrogen-bond acceptors (Lipinski definition) is 2. The maximum absolute atomic E-state index is 5.61. The second-order valence-corrected chi connectivity index (χ2v) is 25.0. The number of H-pyrrole nitrogens is 2. The standard InChI is InChI=1S/C78H94N4/c1-5-9-13-17-21-29-51-77(52-30-22-18-14-10-6-2)67-41-27-25-35-61(67)63-37-33-39-65(75(63)77)73-69-47-43-57(79-69)55-59-45-49-71(81-59)74(72-50-46-60(82-72)56-58-44-48-70(73)80-58)66-40-34-38-64-62-36-26-28-42-68(62)78(76(64)66,53-31-23-19-15-11-7-3)54-32-24-20-16-12-8-4/h25-28,33-50,55-56,79,82H,5-24,29-32,51-54H2,1-4H3. The molecule has 4 nitrogen and oxygen atoms in total. The van der Waals surface area contributed by atoms with Gasteiger partial charge in [-0.2, -0.15) is 0 Å². The molecule has 0 unspecified atom stereocenters. The monoisotopic (exact) mass is 1090 g/mol. The number of rotatable bonds is 30. The summed E-state index contributed by atoms with van der Waals surface area (Å²) in [5, 5.41) is 0. The summed E-state index contributed by atoms with van der Waals surface area (Å²) in [7, 11) is 0. The lowest BCUT2D eigenvalue weighted by Crippen LogP contribution is -2.26. The van der Waals surface area contributed by atoms with Crippen molar-refractivity contribution in [3.63, 3.8) is 0 Å². The predicted octanol–water partition coefficient (Wildman–Crippen LogP) is 23.5. The summed E-state index contributed by atoms with van der Waals surface area (Å²) < 4.78 is 0. The Kier molecular flexibility index (Phi) is 19.0. The third-order valence-electron chi connectivity index (χ3n) is 19.3. The average molecular weight is 1090 g/mol. The minimum absolute atomic E-state index is 0.0857. The van der Waals surface area contributed by atoms with Gasteiger partial charge in [0.1, 0.15) is 0 Å². The van der Waals surface area contributed by atoms with Gasteiger partial charge in [-0.05, 0) is 142 Å². The van der Waals surface area contributed by atoms with E-state index in [0.29, 0.717) is 0 Å². The van der Waals surface area contributed by atoms with Crippen LogP contribution in [-0.2, 0) is 10.8 Å². The fourth-order valence-electron chi connectivity index (χ4n) is 15.3. The van der Waals surface area contributed by atoms with Crippen molar-refractivity contribution in [2.45, 2.75) is 218 Å². The van der Waals surface area contributed by atoms with Gasteiger partial charge in [-0.3, -0.25) is 0 Å². The molecule has 426 valence electrons. The predicted molar refractivity (Wildman–Crippen MR) is 354 cm³/mol. The summed E-state index contributed by atoms with van der Waals surface area (Å²) in [6.45, 7) is 9.31. The molecule has 4 aliphatic rings.